The van der Waals surface area contributed by atoms with Crippen molar-refractivity contribution in [2.24, 2.45) is 0 Å². The molecule has 1 fully saturated rings. The monoisotopic (exact) mass is 445 g/mol. The van der Waals surface area contributed by atoms with Crippen LogP contribution in [-0.2, 0) is 11.3 Å². The maximum absolute atomic E-state index is 12.5. The fraction of sp³-hybridized carbons (Fsp3) is 0.364. The van der Waals surface area contributed by atoms with Gasteiger partial charge >= 0.3 is 6.18 Å². The summed E-state index contributed by atoms with van der Waals surface area (Å²) < 4.78 is 39.1. The van der Waals surface area contributed by atoms with E-state index in [0.717, 1.165) is 11.2 Å². The molecular weight excluding hydrogens is 423 g/mol. The predicted octanol–water partition coefficient (Wildman–Crippen LogP) is 3.32. The van der Waals surface area contributed by atoms with E-state index in [9.17, 15) is 22.8 Å². The number of hydrogen-bond donors (Lipinski definition) is 1. The third kappa shape index (κ3) is 5.24. The van der Waals surface area contributed by atoms with E-state index in [-0.39, 0.29) is 18.4 Å². The van der Waals surface area contributed by atoms with E-state index in [1.54, 1.807) is 36.9 Å². The number of aromatic nitrogens is 3. The number of rotatable bonds is 5. The number of halogens is 3. The number of hydrogen-bond acceptors (Lipinski definition) is 4. The Morgan fingerprint density at radius 2 is 1.81 bits per heavy atom. The van der Waals surface area contributed by atoms with Gasteiger partial charge in [0.15, 0.2) is 5.65 Å². The molecule has 1 saturated heterocycles. The molecule has 1 aromatic carbocycles. The van der Waals surface area contributed by atoms with E-state index in [2.05, 4.69) is 15.3 Å². The van der Waals surface area contributed by atoms with Crippen molar-refractivity contribution in [1.29, 1.82) is 0 Å². The van der Waals surface area contributed by atoms with Gasteiger partial charge in [-0.2, -0.15) is 13.2 Å². The average molecular weight is 445 g/mol. The van der Waals surface area contributed by atoms with Crippen LogP contribution < -0.4 is 5.32 Å². The molecule has 7 nitrogen and oxygen atoms in total. The minimum absolute atomic E-state index is 0.146. The lowest BCUT2D eigenvalue weighted by Crippen LogP contribution is -2.39. The van der Waals surface area contributed by atoms with E-state index >= 15 is 0 Å². The van der Waals surface area contributed by atoms with Crippen molar-refractivity contribution in [1.82, 2.24) is 24.6 Å². The molecular formula is C22H22F3N5O2. The number of piperidine rings is 1. The van der Waals surface area contributed by atoms with Gasteiger partial charge in [-0.25, -0.2) is 4.98 Å². The Kier molecular flexibility index (Phi) is 6.11. The Morgan fingerprint density at radius 3 is 2.50 bits per heavy atom. The first-order valence-corrected chi connectivity index (χ1v) is 10.3. The molecule has 0 unspecified atom stereocenters. The number of carbonyl (C=O) groups excluding carboxylic acids is 2. The largest absolute Gasteiger partial charge is 0.397 e. The van der Waals surface area contributed by atoms with Crippen molar-refractivity contribution in [3.8, 4) is 0 Å². The summed E-state index contributed by atoms with van der Waals surface area (Å²) in [5, 5.41) is 2.84. The van der Waals surface area contributed by atoms with E-state index in [1.807, 2.05) is 16.5 Å². The zero-order valence-electron chi connectivity index (χ0n) is 17.2. The second-order valence-corrected chi connectivity index (χ2v) is 7.82. The molecule has 1 aliphatic heterocycles. The summed E-state index contributed by atoms with van der Waals surface area (Å²) in [5.41, 5.74) is 2.95. The van der Waals surface area contributed by atoms with Crippen molar-refractivity contribution in [3.05, 3.63) is 65.9 Å². The maximum Gasteiger partial charge on any atom is 0.397 e. The Morgan fingerprint density at radius 1 is 1.09 bits per heavy atom. The van der Waals surface area contributed by atoms with Gasteiger partial charge in [0, 0.05) is 37.2 Å². The molecule has 0 aliphatic carbocycles. The highest BCUT2D eigenvalue weighted by molar-refractivity contribution is 5.94. The van der Waals surface area contributed by atoms with Crippen LogP contribution in [0, 0.1) is 0 Å². The molecule has 10 heteroatoms. The molecule has 0 bridgehead atoms. The second-order valence-electron chi connectivity index (χ2n) is 7.82. The van der Waals surface area contributed by atoms with Crippen LogP contribution in [0.2, 0.25) is 0 Å². The summed E-state index contributed by atoms with van der Waals surface area (Å²) >= 11 is 0. The zero-order chi connectivity index (χ0) is 22.7. The van der Waals surface area contributed by atoms with Gasteiger partial charge in [-0.3, -0.25) is 14.6 Å². The molecule has 1 N–H and O–H groups in total. The fourth-order valence-electron chi connectivity index (χ4n) is 3.88. The van der Waals surface area contributed by atoms with Crippen LogP contribution in [0.4, 0.5) is 13.2 Å². The molecule has 0 saturated carbocycles. The Hall–Kier alpha value is -3.43. The summed E-state index contributed by atoms with van der Waals surface area (Å²) in [7, 11) is 0. The van der Waals surface area contributed by atoms with Gasteiger partial charge in [-0.05, 0) is 36.5 Å². The molecule has 1 aliphatic rings. The fourth-order valence-corrected chi connectivity index (χ4v) is 3.88. The molecule has 3 heterocycles. The van der Waals surface area contributed by atoms with E-state index < -0.39 is 18.5 Å². The normalized spacial score (nSPS) is 15.2. The van der Waals surface area contributed by atoms with Gasteiger partial charge < -0.3 is 14.6 Å². The van der Waals surface area contributed by atoms with Crippen LogP contribution in [-0.4, -0.2) is 50.3 Å². The molecule has 32 heavy (non-hydrogen) atoms. The van der Waals surface area contributed by atoms with Crippen LogP contribution >= 0.6 is 0 Å². The first-order valence-electron chi connectivity index (χ1n) is 10.3. The smallest absolute Gasteiger partial charge is 0.346 e. The van der Waals surface area contributed by atoms with Crippen LogP contribution in [0.3, 0.4) is 0 Å². The standard InChI is InChI=1S/C22H22F3N5O2/c23-22(24,25)11-20(31)29-8-5-16(6-9-29)15-1-3-17(4-2-15)21(32)28-12-18-14-30-10-7-26-19(30)13-27-18/h1-4,7,10,13-14,16H,5-6,8-9,11-12H2,(H,28,32). The van der Waals surface area contributed by atoms with Crippen molar-refractivity contribution >= 4 is 17.5 Å². The van der Waals surface area contributed by atoms with E-state index in [1.165, 1.54) is 4.90 Å². The third-order valence-electron chi connectivity index (χ3n) is 5.61. The lowest BCUT2D eigenvalue weighted by Gasteiger charge is -2.32. The highest BCUT2D eigenvalue weighted by atomic mass is 19.4. The number of fused-ring (bicyclic) bond motifs is 1. The first kappa shape index (κ1) is 21.8. The first-order chi connectivity index (χ1) is 15.3. The molecule has 0 radical (unpaired) electrons. The van der Waals surface area contributed by atoms with Crippen LogP contribution in [0.5, 0.6) is 0 Å². The molecule has 4 rings (SSSR count). The Balaban J connectivity index is 1.29. The van der Waals surface area contributed by atoms with Crippen molar-refractivity contribution in [3.63, 3.8) is 0 Å². The lowest BCUT2D eigenvalue weighted by molar-refractivity contribution is -0.162. The van der Waals surface area contributed by atoms with Crippen LogP contribution in [0.15, 0.2) is 49.1 Å². The van der Waals surface area contributed by atoms with Gasteiger partial charge in [0.25, 0.3) is 5.91 Å². The van der Waals surface area contributed by atoms with Gasteiger partial charge in [-0.1, -0.05) is 12.1 Å². The molecule has 0 atom stereocenters. The highest BCUT2D eigenvalue weighted by Gasteiger charge is 2.34. The number of nitrogens with one attached hydrogen (secondary N) is 1. The lowest BCUT2D eigenvalue weighted by atomic mass is 9.89. The van der Waals surface area contributed by atoms with Gasteiger partial charge in [0.2, 0.25) is 5.91 Å². The number of imidazole rings is 1. The highest BCUT2D eigenvalue weighted by Crippen LogP contribution is 2.29. The number of alkyl halides is 3. The third-order valence-corrected chi connectivity index (χ3v) is 5.61. The number of carbonyl (C=O) groups is 2. The van der Waals surface area contributed by atoms with E-state index in [0.29, 0.717) is 37.2 Å². The topological polar surface area (TPSA) is 79.6 Å². The Labute approximate surface area is 182 Å². The number of benzene rings is 1. The number of nitrogens with zero attached hydrogens (tertiary/aromatic N) is 4. The second kappa shape index (κ2) is 8.97. The van der Waals surface area contributed by atoms with Gasteiger partial charge in [0.1, 0.15) is 6.42 Å². The Bertz CT molecular complexity index is 1100. The summed E-state index contributed by atoms with van der Waals surface area (Å²) in [6, 6.07) is 7.20. The minimum Gasteiger partial charge on any atom is -0.346 e. The number of likely N-dealkylation sites (tertiary alicyclic amines) is 1. The van der Waals surface area contributed by atoms with Gasteiger partial charge in [-0.15, -0.1) is 0 Å². The predicted molar refractivity (Wildman–Crippen MR) is 110 cm³/mol. The molecule has 2 aromatic heterocycles. The summed E-state index contributed by atoms with van der Waals surface area (Å²) in [5.74, 6) is -0.950. The zero-order valence-corrected chi connectivity index (χ0v) is 17.2. The van der Waals surface area contributed by atoms with Crippen molar-refractivity contribution in [2.45, 2.75) is 37.9 Å². The molecule has 3 aromatic rings. The molecule has 0 spiro atoms. The van der Waals surface area contributed by atoms with Gasteiger partial charge in [0.05, 0.1) is 18.4 Å². The molecule has 168 valence electrons. The summed E-state index contributed by atoms with van der Waals surface area (Å²) in [6.07, 6.45) is 2.22. The molecule has 2 amide bonds. The minimum atomic E-state index is -4.48. The van der Waals surface area contributed by atoms with Crippen LogP contribution in [0.25, 0.3) is 5.65 Å². The summed E-state index contributed by atoms with van der Waals surface area (Å²) in [4.78, 5) is 33.9. The van der Waals surface area contributed by atoms with Crippen molar-refractivity contribution in [2.75, 3.05) is 13.1 Å². The SMILES string of the molecule is O=C(NCc1cn2ccnc2cn1)c1ccc(C2CCN(C(=O)CC(F)(F)F)CC2)cc1. The summed E-state index contributed by atoms with van der Waals surface area (Å²) in [6.45, 7) is 0.880. The maximum atomic E-state index is 12.5. The van der Waals surface area contributed by atoms with Crippen molar-refractivity contribution < 1.29 is 22.8 Å². The average Bonchev–Trinajstić information content (AvgIpc) is 3.24. The van der Waals surface area contributed by atoms with E-state index in [4.69, 9.17) is 0 Å². The van der Waals surface area contributed by atoms with Crippen LogP contribution in [0.1, 0.15) is 46.8 Å². The number of amides is 2. The quantitative estimate of drug-likeness (QED) is 0.654.